The largest absolute Gasteiger partial charge is 0.368 e. The second kappa shape index (κ2) is 7.64. The summed E-state index contributed by atoms with van der Waals surface area (Å²) in [7, 11) is 2.13. The Morgan fingerprint density at radius 1 is 1.12 bits per heavy atom. The third kappa shape index (κ3) is 4.24. The summed E-state index contributed by atoms with van der Waals surface area (Å²) in [4.78, 5) is 21.1. The summed E-state index contributed by atoms with van der Waals surface area (Å²) >= 11 is 5.85. The van der Waals surface area contributed by atoms with Gasteiger partial charge in [0.15, 0.2) is 0 Å². The van der Waals surface area contributed by atoms with Gasteiger partial charge in [0.1, 0.15) is 5.69 Å². The summed E-state index contributed by atoms with van der Waals surface area (Å²) in [6.07, 6.45) is 1.78. The molecule has 0 bridgehead atoms. The van der Waals surface area contributed by atoms with E-state index in [4.69, 9.17) is 11.6 Å². The molecule has 2 aromatic rings. The van der Waals surface area contributed by atoms with Gasteiger partial charge in [0.2, 0.25) is 0 Å². The molecule has 1 amide bonds. The number of nitrogens with zero attached hydrogens (tertiary/aromatic N) is 3. The number of hydrogen-bond donors (Lipinski definition) is 1. The van der Waals surface area contributed by atoms with Crippen LogP contribution in [0.5, 0.6) is 0 Å². The number of likely N-dealkylation sites (N-methyl/N-ethyl adjacent to an activating group) is 1. The highest BCUT2D eigenvalue weighted by Gasteiger charge is 2.15. The molecule has 0 aliphatic carbocycles. The Labute approximate surface area is 147 Å². The van der Waals surface area contributed by atoms with Gasteiger partial charge in [0.25, 0.3) is 5.91 Å². The highest BCUT2D eigenvalue weighted by atomic mass is 35.5. The van der Waals surface area contributed by atoms with Crippen LogP contribution in [0.15, 0.2) is 42.6 Å². The molecule has 6 heteroatoms. The Morgan fingerprint density at radius 2 is 1.83 bits per heavy atom. The second-order valence-corrected chi connectivity index (χ2v) is 6.44. The van der Waals surface area contributed by atoms with E-state index in [1.54, 1.807) is 12.3 Å². The monoisotopic (exact) mass is 344 g/mol. The van der Waals surface area contributed by atoms with Crippen molar-refractivity contribution in [3.63, 3.8) is 0 Å². The van der Waals surface area contributed by atoms with Crippen LogP contribution < -0.4 is 10.2 Å². The number of amides is 1. The third-order valence-corrected chi connectivity index (χ3v) is 4.47. The summed E-state index contributed by atoms with van der Waals surface area (Å²) in [6.45, 7) is 4.52. The Hall–Kier alpha value is -2.11. The average molecular weight is 345 g/mol. The van der Waals surface area contributed by atoms with Crippen molar-refractivity contribution in [3.8, 4) is 0 Å². The summed E-state index contributed by atoms with van der Waals surface area (Å²) in [5.41, 5.74) is 2.50. The second-order valence-electron chi connectivity index (χ2n) is 6.00. The van der Waals surface area contributed by atoms with Crippen LogP contribution in [-0.4, -0.2) is 49.0 Å². The zero-order valence-corrected chi connectivity index (χ0v) is 14.5. The quantitative estimate of drug-likeness (QED) is 0.925. The molecule has 1 N–H and O–H groups in total. The van der Waals surface area contributed by atoms with E-state index >= 15 is 0 Å². The van der Waals surface area contributed by atoms with Crippen molar-refractivity contribution in [3.05, 3.63) is 58.9 Å². The maximum Gasteiger partial charge on any atom is 0.270 e. The molecule has 2 heterocycles. The molecule has 1 saturated heterocycles. The van der Waals surface area contributed by atoms with Gasteiger partial charge in [-0.15, -0.1) is 0 Å². The number of halogens is 1. The van der Waals surface area contributed by atoms with Crippen molar-refractivity contribution in [1.29, 1.82) is 0 Å². The van der Waals surface area contributed by atoms with Gasteiger partial charge in [-0.2, -0.15) is 0 Å². The fourth-order valence-corrected chi connectivity index (χ4v) is 2.77. The SMILES string of the molecule is CN1CCN(c2ccc(C(=O)NCc3ccc(Cl)cc3)nc2)CC1. The summed E-state index contributed by atoms with van der Waals surface area (Å²) in [5, 5.41) is 3.56. The van der Waals surface area contributed by atoms with Crippen molar-refractivity contribution in [2.24, 2.45) is 0 Å². The van der Waals surface area contributed by atoms with Gasteiger partial charge in [-0.25, -0.2) is 4.98 Å². The van der Waals surface area contributed by atoms with Crippen LogP contribution in [0, 0.1) is 0 Å². The molecule has 1 aliphatic rings. The average Bonchev–Trinajstić information content (AvgIpc) is 2.62. The van der Waals surface area contributed by atoms with Crippen molar-refractivity contribution < 1.29 is 4.79 Å². The van der Waals surface area contributed by atoms with Crippen LogP contribution in [0.2, 0.25) is 5.02 Å². The number of carbonyl (C=O) groups is 1. The smallest absolute Gasteiger partial charge is 0.270 e. The molecular formula is C18H21ClN4O. The fraction of sp³-hybridized carbons (Fsp3) is 0.333. The molecule has 1 fully saturated rings. The molecule has 126 valence electrons. The third-order valence-electron chi connectivity index (χ3n) is 4.22. The molecule has 0 atom stereocenters. The van der Waals surface area contributed by atoms with Crippen LogP contribution in [0.1, 0.15) is 16.1 Å². The van der Waals surface area contributed by atoms with Crippen molar-refractivity contribution in [1.82, 2.24) is 15.2 Å². The highest BCUT2D eigenvalue weighted by molar-refractivity contribution is 6.30. The first kappa shape index (κ1) is 16.7. The Morgan fingerprint density at radius 3 is 2.46 bits per heavy atom. The van der Waals surface area contributed by atoms with Crippen LogP contribution in [-0.2, 0) is 6.54 Å². The van der Waals surface area contributed by atoms with Gasteiger partial charge in [-0.3, -0.25) is 4.79 Å². The number of hydrogen-bond acceptors (Lipinski definition) is 4. The summed E-state index contributed by atoms with van der Waals surface area (Å²) in [5.74, 6) is -0.171. The molecule has 0 spiro atoms. The number of pyridine rings is 1. The molecule has 1 aliphatic heterocycles. The molecule has 24 heavy (non-hydrogen) atoms. The van der Waals surface area contributed by atoms with Gasteiger partial charge < -0.3 is 15.1 Å². The zero-order chi connectivity index (χ0) is 16.9. The number of benzene rings is 1. The summed E-state index contributed by atoms with van der Waals surface area (Å²) in [6, 6.07) is 11.2. The maximum atomic E-state index is 12.2. The van der Waals surface area contributed by atoms with E-state index in [0.717, 1.165) is 37.4 Å². The fourth-order valence-electron chi connectivity index (χ4n) is 2.65. The van der Waals surface area contributed by atoms with Crippen molar-refractivity contribution in [2.75, 3.05) is 38.1 Å². The van der Waals surface area contributed by atoms with E-state index < -0.39 is 0 Å². The molecule has 1 aromatic carbocycles. The maximum absolute atomic E-state index is 12.2. The number of rotatable bonds is 4. The van der Waals surface area contributed by atoms with E-state index in [9.17, 15) is 4.79 Å². The van der Waals surface area contributed by atoms with Crippen LogP contribution in [0.3, 0.4) is 0 Å². The molecule has 0 unspecified atom stereocenters. The number of carbonyl (C=O) groups excluding carboxylic acids is 1. The van der Waals surface area contributed by atoms with Gasteiger partial charge >= 0.3 is 0 Å². The lowest BCUT2D eigenvalue weighted by Crippen LogP contribution is -2.44. The molecule has 0 saturated carbocycles. The molecule has 5 nitrogen and oxygen atoms in total. The van der Waals surface area contributed by atoms with Crippen LogP contribution in [0.4, 0.5) is 5.69 Å². The highest BCUT2D eigenvalue weighted by Crippen LogP contribution is 2.15. The molecule has 1 aromatic heterocycles. The topological polar surface area (TPSA) is 48.5 Å². The van der Waals surface area contributed by atoms with Gasteiger partial charge in [-0.05, 0) is 36.9 Å². The van der Waals surface area contributed by atoms with E-state index in [1.165, 1.54) is 0 Å². The van der Waals surface area contributed by atoms with Crippen molar-refractivity contribution >= 4 is 23.2 Å². The first-order valence-corrected chi connectivity index (χ1v) is 8.42. The standard InChI is InChI=1S/C18H21ClN4O/c1-22-8-10-23(11-9-22)16-6-7-17(20-13-16)18(24)21-12-14-2-4-15(19)5-3-14/h2-7,13H,8-12H2,1H3,(H,21,24). The first-order valence-electron chi connectivity index (χ1n) is 8.04. The number of aromatic nitrogens is 1. The molecular weight excluding hydrogens is 324 g/mol. The van der Waals surface area contributed by atoms with Crippen LogP contribution in [0.25, 0.3) is 0 Å². The number of anilines is 1. The number of nitrogens with one attached hydrogen (secondary N) is 1. The normalized spacial score (nSPS) is 15.3. The minimum atomic E-state index is -0.171. The molecule has 3 rings (SSSR count). The van der Waals surface area contributed by atoms with Gasteiger partial charge in [-0.1, -0.05) is 23.7 Å². The van der Waals surface area contributed by atoms with Crippen molar-refractivity contribution in [2.45, 2.75) is 6.54 Å². The van der Waals surface area contributed by atoms with Gasteiger partial charge in [0.05, 0.1) is 11.9 Å². The summed E-state index contributed by atoms with van der Waals surface area (Å²) < 4.78 is 0. The van der Waals surface area contributed by atoms with E-state index in [0.29, 0.717) is 17.3 Å². The minimum absolute atomic E-state index is 0.171. The number of piperazine rings is 1. The molecule has 0 radical (unpaired) electrons. The first-order chi connectivity index (χ1) is 11.6. The minimum Gasteiger partial charge on any atom is -0.368 e. The Kier molecular flexibility index (Phi) is 5.33. The lowest BCUT2D eigenvalue weighted by molar-refractivity contribution is 0.0946. The zero-order valence-electron chi connectivity index (χ0n) is 13.7. The Bertz CT molecular complexity index is 679. The van der Waals surface area contributed by atoms with E-state index in [-0.39, 0.29) is 5.91 Å². The van der Waals surface area contributed by atoms with Gasteiger partial charge in [0, 0.05) is 37.7 Å². The lowest BCUT2D eigenvalue weighted by Gasteiger charge is -2.33. The van der Waals surface area contributed by atoms with E-state index in [2.05, 4.69) is 27.1 Å². The van der Waals surface area contributed by atoms with Crippen LogP contribution >= 0.6 is 11.6 Å². The predicted octanol–water partition coefficient (Wildman–Crippen LogP) is 2.42. The Balaban J connectivity index is 1.56. The predicted molar refractivity (Wildman–Crippen MR) is 96.6 cm³/mol. The van der Waals surface area contributed by atoms with E-state index in [1.807, 2.05) is 30.3 Å². The lowest BCUT2D eigenvalue weighted by atomic mass is 10.2.